The molecule has 2 nitrogen and oxygen atoms in total. The second-order valence-corrected chi connectivity index (χ2v) is 1.18. The molecule has 2 heteroatoms. The van der Waals surface area contributed by atoms with Crippen molar-refractivity contribution in [3.05, 3.63) is 6.92 Å². The highest BCUT2D eigenvalue weighted by molar-refractivity contribution is 5.69. The average Bonchev–Trinajstić information content (AvgIpc) is 1.68. The summed E-state index contributed by atoms with van der Waals surface area (Å²) < 4.78 is 4.31. The molecule has 1 radical (unpaired) electrons. The van der Waals surface area contributed by atoms with Crippen molar-refractivity contribution in [3.8, 4) is 0 Å². The van der Waals surface area contributed by atoms with Crippen LogP contribution >= 0.6 is 0 Å². The Morgan fingerprint density at radius 3 is 2.57 bits per heavy atom. The van der Waals surface area contributed by atoms with Crippen LogP contribution in [0.2, 0.25) is 0 Å². The first kappa shape index (κ1) is 6.47. The van der Waals surface area contributed by atoms with Crippen LogP contribution < -0.4 is 0 Å². The van der Waals surface area contributed by atoms with Gasteiger partial charge in [-0.2, -0.15) is 0 Å². The van der Waals surface area contributed by atoms with Crippen LogP contribution in [-0.2, 0) is 9.53 Å². The zero-order valence-electron chi connectivity index (χ0n) is 4.44. The molecule has 0 amide bonds. The second kappa shape index (κ2) is 3.65. The Bertz CT molecular complexity index is 59.1. The number of hydrogen-bond acceptors (Lipinski definition) is 2. The summed E-state index contributed by atoms with van der Waals surface area (Å²) in [5, 5.41) is 0. The lowest BCUT2D eigenvalue weighted by molar-refractivity contribution is -0.140. The molecule has 0 aromatic rings. The molecular weight excluding hydrogens is 92.1 g/mol. The van der Waals surface area contributed by atoms with Gasteiger partial charge in [0.2, 0.25) is 0 Å². The third-order valence-electron chi connectivity index (χ3n) is 0.609. The van der Waals surface area contributed by atoms with E-state index in [1.54, 1.807) is 0 Å². The molecule has 0 aliphatic carbocycles. The summed E-state index contributed by atoms with van der Waals surface area (Å²) in [4.78, 5) is 10.1. The van der Waals surface area contributed by atoms with E-state index in [4.69, 9.17) is 0 Å². The van der Waals surface area contributed by atoms with Gasteiger partial charge in [-0.15, -0.1) is 0 Å². The van der Waals surface area contributed by atoms with Crippen LogP contribution in [0.5, 0.6) is 0 Å². The number of rotatable bonds is 2. The molecule has 7 heavy (non-hydrogen) atoms. The molecule has 41 valence electrons. The normalized spacial score (nSPS) is 8.29. The van der Waals surface area contributed by atoms with Crippen LogP contribution in [0.3, 0.4) is 0 Å². The summed E-state index contributed by atoms with van der Waals surface area (Å²) in [6.07, 6.45) is 1.04. The van der Waals surface area contributed by atoms with Gasteiger partial charge in [-0.05, 0) is 6.42 Å². The summed E-state index contributed by atoms with van der Waals surface area (Å²) in [7, 11) is 1.37. The van der Waals surface area contributed by atoms with Crippen LogP contribution in [0, 0.1) is 6.92 Å². The van der Waals surface area contributed by atoms with E-state index in [9.17, 15) is 4.79 Å². The second-order valence-electron chi connectivity index (χ2n) is 1.18. The average molecular weight is 101 g/mol. The third-order valence-corrected chi connectivity index (χ3v) is 0.609. The predicted molar refractivity (Wildman–Crippen MR) is 26.6 cm³/mol. The van der Waals surface area contributed by atoms with E-state index in [1.807, 2.05) is 0 Å². The topological polar surface area (TPSA) is 26.3 Å². The Morgan fingerprint density at radius 2 is 2.43 bits per heavy atom. The van der Waals surface area contributed by atoms with E-state index in [-0.39, 0.29) is 5.97 Å². The van der Waals surface area contributed by atoms with Gasteiger partial charge >= 0.3 is 5.97 Å². The zero-order chi connectivity index (χ0) is 5.70. The minimum atomic E-state index is -0.185. The number of ether oxygens (including phenoxy) is 1. The number of carbonyl (C=O) groups excluding carboxylic acids is 1. The predicted octanol–water partition coefficient (Wildman–Crippen LogP) is 0.774. The molecule has 0 atom stereocenters. The maximum atomic E-state index is 10.1. The monoisotopic (exact) mass is 101 g/mol. The molecule has 0 bridgehead atoms. The van der Waals surface area contributed by atoms with E-state index in [2.05, 4.69) is 11.7 Å². The lowest BCUT2D eigenvalue weighted by Gasteiger charge is -1.90. The number of esters is 1. The summed E-state index contributed by atoms with van der Waals surface area (Å²) >= 11 is 0. The third kappa shape index (κ3) is 3.30. The summed E-state index contributed by atoms with van der Waals surface area (Å²) in [6, 6.07) is 0. The molecule has 0 rings (SSSR count). The van der Waals surface area contributed by atoms with Crippen LogP contribution in [0.15, 0.2) is 0 Å². The SMILES string of the molecule is [CH2]CCC(=O)OC. The molecule has 0 aliphatic heterocycles. The molecule has 0 aromatic carbocycles. The molecule has 0 aromatic heterocycles. The van der Waals surface area contributed by atoms with Crippen molar-refractivity contribution in [2.75, 3.05) is 7.11 Å². The van der Waals surface area contributed by atoms with Crippen molar-refractivity contribution in [1.29, 1.82) is 0 Å². The van der Waals surface area contributed by atoms with E-state index in [0.29, 0.717) is 12.8 Å². The highest BCUT2D eigenvalue weighted by Crippen LogP contribution is 1.86. The number of hydrogen-bond donors (Lipinski definition) is 0. The van der Waals surface area contributed by atoms with Crippen molar-refractivity contribution >= 4 is 5.97 Å². The van der Waals surface area contributed by atoms with Crippen LogP contribution in [0.1, 0.15) is 12.8 Å². The Morgan fingerprint density at radius 1 is 1.86 bits per heavy atom. The molecule has 0 saturated carbocycles. The van der Waals surface area contributed by atoms with Crippen LogP contribution in [0.25, 0.3) is 0 Å². The molecule has 0 saturated heterocycles. The summed E-state index contributed by atoms with van der Waals surface area (Å²) in [5.74, 6) is -0.185. The zero-order valence-corrected chi connectivity index (χ0v) is 4.44. The Hall–Kier alpha value is -0.530. The highest BCUT2D eigenvalue weighted by atomic mass is 16.5. The van der Waals surface area contributed by atoms with E-state index < -0.39 is 0 Å². The maximum absolute atomic E-state index is 10.1. The van der Waals surface area contributed by atoms with E-state index in [0.717, 1.165) is 0 Å². The number of carbonyl (C=O) groups is 1. The summed E-state index contributed by atoms with van der Waals surface area (Å²) in [5.41, 5.74) is 0. The fourth-order valence-corrected chi connectivity index (χ4v) is 0.246. The first-order valence-electron chi connectivity index (χ1n) is 2.17. The number of methoxy groups -OCH3 is 1. The quantitative estimate of drug-likeness (QED) is 0.480. The van der Waals surface area contributed by atoms with Crippen molar-refractivity contribution in [1.82, 2.24) is 0 Å². The van der Waals surface area contributed by atoms with Gasteiger partial charge in [0.05, 0.1) is 7.11 Å². The van der Waals surface area contributed by atoms with Gasteiger partial charge in [0.25, 0.3) is 0 Å². The molecule has 0 heterocycles. The van der Waals surface area contributed by atoms with Crippen molar-refractivity contribution in [2.45, 2.75) is 12.8 Å². The first-order chi connectivity index (χ1) is 3.31. The minimum absolute atomic E-state index is 0.185. The smallest absolute Gasteiger partial charge is 0.305 e. The molecule has 0 fully saturated rings. The van der Waals surface area contributed by atoms with Crippen molar-refractivity contribution in [3.63, 3.8) is 0 Å². The summed E-state index contributed by atoms with van der Waals surface area (Å²) in [6.45, 7) is 3.47. The molecule has 0 spiro atoms. The first-order valence-corrected chi connectivity index (χ1v) is 2.17. The lowest BCUT2D eigenvalue weighted by atomic mass is 10.3. The van der Waals surface area contributed by atoms with Gasteiger partial charge in [-0.1, -0.05) is 6.92 Å². The lowest BCUT2D eigenvalue weighted by Crippen LogP contribution is -1.97. The van der Waals surface area contributed by atoms with Gasteiger partial charge in [0, 0.05) is 6.42 Å². The van der Waals surface area contributed by atoms with E-state index >= 15 is 0 Å². The fraction of sp³-hybridized carbons (Fsp3) is 0.600. The molecule has 0 aliphatic rings. The van der Waals surface area contributed by atoms with Crippen molar-refractivity contribution in [2.24, 2.45) is 0 Å². The van der Waals surface area contributed by atoms with E-state index in [1.165, 1.54) is 7.11 Å². The van der Waals surface area contributed by atoms with Gasteiger partial charge in [0.15, 0.2) is 0 Å². The van der Waals surface area contributed by atoms with Gasteiger partial charge in [-0.25, -0.2) is 0 Å². The van der Waals surface area contributed by atoms with Crippen LogP contribution in [0.4, 0.5) is 0 Å². The largest absolute Gasteiger partial charge is 0.469 e. The van der Waals surface area contributed by atoms with Gasteiger partial charge in [0.1, 0.15) is 0 Å². The highest BCUT2D eigenvalue weighted by Gasteiger charge is 1.92. The Kier molecular flexibility index (Phi) is 3.38. The van der Waals surface area contributed by atoms with Crippen molar-refractivity contribution < 1.29 is 9.53 Å². The molecule has 0 N–H and O–H groups in total. The van der Waals surface area contributed by atoms with Crippen LogP contribution in [-0.4, -0.2) is 13.1 Å². The Balaban J connectivity index is 3.00. The standard InChI is InChI=1S/C5H9O2/c1-3-4-5(6)7-2/h1,3-4H2,2H3. The molecule has 0 unspecified atom stereocenters. The minimum Gasteiger partial charge on any atom is -0.469 e. The van der Waals surface area contributed by atoms with Gasteiger partial charge in [-0.3, -0.25) is 4.79 Å². The molecular formula is C5H9O2. The van der Waals surface area contributed by atoms with Gasteiger partial charge < -0.3 is 4.74 Å². The fourth-order valence-electron chi connectivity index (χ4n) is 0.246. The Labute approximate surface area is 43.5 Å². The maximum Gasteiger partial charge on any atom is 0.305 e.